The number of halogens is 1. The zero-order chi connectivity index (χ0) is 26.4. The highest BCUT2D eigenvalue weighted by Gasteiger charge is 2.81. The molecule has 0 unspecified atom stereocenters. The number of nitro benzene ring substituents is 1. The molecule has 4 atom stereocenters. The number of hydrogen-bond acceptors (Lipinski definition) is 6. The molecule has 10 heteroatoms. The molecule has 2 N–H and O–H groups in total. The zero-order valence-corrected chi connectivity index (χ0v) is 20.7. The smallest absolute Gasteiger partial charge is 0.270 e. The number of carbonyl (C=O) groups is 3. The van der Waals surface area contributed by atoms with Gasteiger partial charge in [-0.15, -0.1) is 0 Å². The number of ketones is 1. The minimum Gasteiger partial charge on any atom is -0.325 e. The van der Waals surface area contributed by atoms with Crippen LogP contribution in [0.25, 0.3) is 0 Å². The quantitative estimate of drug-likeness (QED) is 0.297. The molecular weight excluding hydrogens is 508 g/mol. The lowest BCUT2D eigenvalue weighted by molar-refractivity contribution is -0.384. The second-order valence-corrected chi connectivity index (χ2v) is 10.7. The number of nitrogens with one attached hydrogen (secondary N) is 2. The van der Waals surface area contributed by atoms with Crippen molar-refractivity contribution in [3.8, 4) is 0 Å². The van der Waals surface area contributed by atoms with Gasteiger partial charge in [0.2, 0.25) is 5.91 Å². The summed E-state index contributed by atoms with van der Waals surface area (Å²) in [6.45, 7) is 0.500. The predicted octanol–water partition coefficient (Wildman–Crippen LogP) is 4.26. The van der Waals surface area contributed by atoms with Crippen LogP contribution in [0.4, 0.5) is 17.1 Å². The summed E-state index contributed by atoms with van der Waals surface area (Å²) in [6, 6.07) is 17.4. The molecular formula is C28H21ClN4O5. The van der Waals surface area contributed by atoms with Crippen LogP contribution in [-0.4, -0.2) is 40.0 Å². The Labute approximate surface area is 221 Å². The number of amides is 2. The van der Waals surface area contributed by atoms with E-state index in [1.54, 1.807) is 42.5 Å². The predicted molar refractivity (Wildman–Crippen MR) is 139 cm³/mol. The fourth-order valence-corrected chi connectivity index (χ4v) is 7.68. The molecule has 4 aliphatic heterocycles. The number of fused-ring (bicyclic) bond motifs is 7. The average molecular weight is 529 g/mol. The Morgan fingerprint density at radius 1 is 0.974 bits per heavy atom. The molecule has 0 aromatic heterocycles. The Balaban J connectivity index is 1.57. The molecule has 3 aromatic rings. The van der Waals surface area contributed by atoms with Crippen molar-refractivity contribution in [1.82, 2.24) is 4.90 Å². The van der Waals surface area contributed by atoms with Crippen molar-refractivity contribution in [1.29, 1.82) is 0 Å². The molecule has 3 aromatic carbocycles. The van der Waals surface area contributed by atoms with E-state index in [4.69, 9.17) is 11.6 Å². The number of Topliss-reactive ketones (excluding diaryl/α,β-unsaturated/α-hetero) is 1. The van der Waals surface area contributed by atoms with Gasteiger partial charge in [0.1, 0.15) is 11.0 Å². The number of benzene rings is 3. The van der Waals surface area contributed by atoms with Gasteiger partial charge in [0.15, 0.2) is 5.78 Å². The third kappa shape index (κ3) is 2.57. The maximum absolute atomic E-state index is 14.5. The monoisotopic (exact) mass is 528 g/mol. The molecule has 0 bridgehead atoms. The summed E-state index contributed by atoms with van der Waals surface area (Å²) < 4.78 is 0. The van der Waals surface area contributed by atoms with E-state index in [1.165, 1.54) is 24.3 Å². The second kappa shape index (κ2) is 7.72. The molecule has 190 valence electrons. The van der Waals surface area contributed by atoms with Gasteiger partial charge in [0.25, 0.3) is 11.6 Å². The van der Waals surface area contributed by atoms with Gasteiger partial charge in [-0.3, -0.25) is 29.4 Å². The SMILES string of the molecule is O=C(c1cccc([N+](=O)[O-])c1)[C@@H]1[C@@H]2CCCN2[C@]2(C(=O)Nc3ccc(Cl)cc32)[C@]12C(=O)Nc1ccccc12. The van der Waals surface area contributed by atoms with Crippen LogP contribution in [0.2, 0.25) is 5.02 Å². The minimum absolute atomic E-state index is 0.134. The summed E-state index contributed by atoms with van der Waals surface area (Å²) in [5.41, 5.74) is -1.04. The third-order valence-corrected chi connectivity index (χ3v) is 8.92. The van der Waals surface area contributed by atoms with Crippen LogP contribution < -0.4 is 10.6 Å². The minimum atomic E-state index is -1.63. The Hall–Kier alpha value is -4.08. The summed E-state index contributed by atoms with van der Waals surface area (Å²) >= 11 is 6.46. The fourth-order valence-electron chi connectivity index (χ4n) is 7.50. The number of non-ortho nitro benzene ring substituents is 1. The third-order valence-electron chi connectivity index (χ3n) is 8.68. The van der Waals surface area contributed by atoms with Gasteiger partial charge >= 0.3 is 0 Å². The van der Waals surface area contributed by atoms with Crippen molar-refractivity contribution in [3.05, 3.63) is 98.6 Å². The van der Waals surface area contributed by atoms with Gasteiger partial charge in [-0.1, -0.05) is 41.9 Å². The number of rotatable bonds is 3. The number of nitrogens with zero attached hydrogens (tertiary/aromatic N) is 2. The first-order valence-electron chi connectivity index (χ1n) is 12.4. The van der Waals surface area contributed by atoms with Gasteiger partial charge in [-0.25, -0.2) is 0 Å². The highest BCUT2D eigenvalue weighted by molar-refractivity contribution is 6.31. The second-order valence-electron chi connectivity index (χ2n) is 10.2. The Bertz CT molecular complexity index is 1610. The Morgan fingerprint density at radius 3 is 2.55 bits per heavy atom. The van der Waals surface area contributed by atoms with E-state index in [1.807, 2.05) is 4.90 Å². The number of nitro groups is 1. The van der Waals surface area contributed by atoms with Crippen LogP contribution >= 0.6 is 11.6 Å². The van der Waals surface area contributed by atoms with Crippen LogP contribution in [0.5, 0.6) is 0 Å². The first kappa shape index (κ1) is 23.1. The van der Waals surface area contributed by atoms with E-state index < -0.39 is 39.5 Å². The molecule has 0 saturated carbocycles. The largest absolute Gasteiger partial charge is 0.325 e. The van der Waals surface area contributed by atoms with Gasteiger partial charge < -0.3 is 10.6 Å². The number of hydrogen-bond donors (Lipinski definition) is 2. The van der Waals surface area contributed by atoms with Crippen molar-refractivity contribution in [2.24, 2.45) is 5.92 Å². The summed E-state index contributed by atoms with van der Waals surface area (Å²) in [7, 11) is 0. The molecule has 2 amide bonds. The molecule has 2 saturated heterocycles. The van der Waals surface area contributed by atoms with E-state index in [-0.39, 0.29) is 17.2 Å². The molecule has 2 spiro atoms. The van der Waals surface area contributed by atoms with E-state index >= 15 is 0 Å². The highest BCUT2D eigenvalue weighted by Crippen LogP contribution is 2.68. The standard InChI is InChI=1S/C28H21ClN4O5/c29-16-10-11-21-19(14-16)28(26(36)31-21)27(18-7-1-2-8-20(18)30-25(27)35)23(22-9-4-12-32(22)28)24(34)15-5-3-6-17(13-15)33(37)38/h1-3,5-8,10-11,13-14,22-23H,4,9,12H2,(H,30,35)(H,31,36)/t22-,23-,27-,28+/m0/s1. The van der Waals surface area contributed by atoms with Crippen molar-refractivity contribution >= 4 is 46.3 Å². The van der Waals surface area contributed by atoms with Gasteiger partial charge in [0, 0.05) is 45.7 Å². The van der Waals surface area contributed by atoms with Crippen LogP contribution in [0.15, 0.2) is 66.7 Å². The van der Waals surface area contributed by atoms with E-state index in [0.29, 0.717) is 40.5 Å². The number of anilines is 2. The van der Waals surface area contributed by atoms with Crippen LogP contribution in [0.1, 0.15) is 34.3 Å². The zero-order valence-electron chi connectivity index (χ0n) is 19.9. The van der Waals surface area contributed by atoms with Crippen molar-refractivity contribution in [3.63, 3.8) is 0 Å². The Kier molecular flexibility index (Phi) is 4.69. The summed E-state index contributed by atoms with van der Waals surface area (Å²) in [5, 5.41) is 17.9. The van der Waals surface area contributed by atoms with Crippen molar-refractivity contribution in [2.75, 3.05) is 17.2 Å². The van der Waals surface area contributed by atoms with Gasteiger partial charge in [-0.2, -0.15) is 0 Å². The lowest BCUT2D eigenvalue weighted by Gasteiger charge is -2.43. The molecule has 4 aliphatic rings. The van der Waals surface area contributed by atoms with Gasteiger partial charge in [-0.05, 0) is 49.2 Å². The average Bonchev–Trinajstić information content (AvgIpc) is 3.62. The highest BCUT2D eigenvalue weighted by atomic mass is 35.5. The molecule has 2 fully saturated rings. The number of para-hydroxylation sites is 1. The van der Waals surface area contributed by atoms with E-state index in [0.717, 1.165) is 6.42 Å². The van der Waals surface area contributed by atoms with Crippen molar-refractivity contribution in [2.45, 2.75) is 29.8 Å². The van der Waals surface area contributed by atoms with E-state index in [9.17, 15) is 24.5 Å². The normalized spacial score (nSPS) is 28.8. The first-order valence-corrected chi connectivity index (χ1v) is 12.8. The lowest BCUT2D eigenvalue weighted by atomic mass is 9.57. The molecule has 0 radical (unpaired) electrons. The first-order chi connectivity index (χ1) is 18.3. The van der Waals surface area contributed by atoms with E-state index in [2.05, 4.69) is 10.6 Å². The summed E-state index contributed by atoms with van der Waals surface area (Å²) in [4.78, 5) is 56.2. The molecule has 38 heavy (non-hydrogen) atoms. The van der Waals surface area contributed by atoms with Crippen molar-refractivity contribution < 1.29 is 19.3 Å². The van der Waals surface area contributed by atoms with Crippen LogP contribution in [-0.2, 0) is 20.5 Å². The molecule has 4 heterocycles. The fraction of sp³-hybridized carbons (Fsp3) is 0.250. The number of carbonyl (C=O) groups excluding carboxylic acids is 3. The summed E-state index contributed by atoms with van der Waals surface area (Å²) in [5.74, 6) is -2.22. The molecule has 9 nitrogen and oxygen atoms in total. The summed E-state index contributed by atoms with van der Waals surface area (Å²) in [6.07, 6.45) is 1.32. The molecule has 0 aliphatic carbocycles. The van der Waals surface area contributed by atoms with Crippen LogP contribution in [0, 0.1) is 16.0 Å². The maximum atomic E-state index is 14.5. The molecule has 7 rings (SSSR count). The topological polar surface area (TPSA) is 122 Å². The Morgan fingerprint density at radius 2 is 1.74 bits per heavy atom. The van der Waals surface area contributed by atoms with Gasteiger partial charge in [0.05, 0.1) is 10.8 Å². The van der Waals surface area contributed by atoms with Crippen LogP contribution in [0.3, 0.4) is 0 Å². The maximum Gasteiger partial charge on any atom is 0.270 e. The lowest BCUT2D eigenvalue weighted by Crippen LogP contribution is -2.62.